The van der Waals surface area contributed by atoms with Gasteiger partial charge in [0, 0.05) is 6.54 Å². The first-order valence-corrected chi connectivity index (χ1v) is 12.4. The summed E-state index contributed by atoms with van der Waals surface area (Å²) in [6.45, 7) is 10.3. The number of carbonyl (C=O) groups is 1. The van der Waals surface area contributed by atoms with Gasteiger partial charge in [-0.05, 0) is 94.2 Å². The average Bonchev–Trinajstić information content (AvgIpc) is 3.07. The van der Waals surface area contributed by atoms with Crippen LogP contribution in [0.2, 0.25) is 0 Å². The maximum absolute atomic E-state index is 13.8. The summed E-state index contributed by atoms with van der Waals surface area (Å²) in [6, 6.07) is 11.0. The molecule has 0 N–H and O–H groups in total. The normalized spacial score (nSPS) is 15.5. The number of carbonyl (C=O) groups excluding carboxylic acids is 1. The van der Waals surface area contributed by atoms with Gasteiger partial charge in [-0.3, -0.25) is 9.59 Å². The fourth-order valence-corrected chi connectivity index (χ4v) is 4.60. The minimum Gasteiger partial charge on any atom is -0.494 e. The maximum atomic E-state index is 13.8. The minimum absolute atomic E-state index is 0.135. The molecule has 0 saturated heterocycles. The van der Waals surface area contributed by atoms with E-state index in [4.69, 9.17) is 9.15 Å². The molecule has 35 heavy (non-hydrogen) atoms. The van der Waals surface area contributed by atoms with Gasteiger partial charge in [0.25, 0.3) is 5.91 Å². The molecule has 4 rings (SSSR count). The molecule has 6 nitrogen and oxygen atoms in total. The monoisotopic (exact) mass is 476 g/mol. The molecule has 0 bridgehead atoms. The number of benzene rings is 2. The van der Waals surface area contributed by atoms with Crippen molar-refractivity contribution in [2.45, 2.75) is 46.6 Å². The van der Waals surface area contributed by atoms with Gasteiger partial charge in [0.05, 0.1) is 23.6 Å². The van der Waals surface area contributed by atoms with E-state index in [1.54, 1.807) is 4.90 Å². The van der Waals surface area contributed by atoms with Crippen LogP contribution in [0.25, 0.3) is 11.0 Å². The number of nitrogens with zero attached hydrogens (tertiary/aromatic N) is 2. The highest BCUT2D eigenvalue weighted by molar-refractivity contribution is 5.99. The lowest BCUT2D eigenvalue weighted by molar-refractivity contribution is 0.0722. The van der Waals surface area contributed by atoms with Crippen LogP contribution in [-0.2, 0) is 0 Å². The van der Waals surface area contributed by atoms with E-state index in [-0.39, 0.29) is 17.1 Å². The number of aryl methyl sites for hydroxylation is 2. The third-order valence-electron chi connectivity index (χ3n) is 6.72. The third kappa shape index (κ3) is 5.13. The van der Waals surface area contributed by atoms with Crippen LogP contribution in [0.5, 0.6) is 5.75 Å². The van der Waals surface area contributed by atoms with E-state index >= 15 is 0 Å². The van der Waals surface area contributed by atoms with Crippen LogP contribution in [0.1, 0.15) is 65.5 Å². The maximum Gasteiger partial charge on any atom is 0.290 e. The van der Waals surface area contributed by atoms with E-state index in [1.807, 2.05) is 64.3 Å². The van der Waals surface area contributed by atoms with Crippen molar-refractivity contribution in [3.8, 4) is 5.75 Å². The van der Waals surface area contributed by atoms with E-state index in [1.165, 1.54) is 0 Å². The van der Waals surface area contributed by atoms with E-state index in [9.17, 15) is 9.59 Å². The molecule has 0 aliphatic carbocycles. The second kappa shape index (κ2) is 10.2. The Hall–Kier alpha value is -3.12. The molecule has 1 atom stereocenters. The van der Waals surface area contributed by atoms with Crippen molar-refractivity contribution in [2.24, 2.45) is 5.92 Å². The third-order valence-corrected chi connectivity index (χ3v) is 6.72. The Morgan fingerprint density at radius 2 is 1.83 bits per heavy atom. The van der Waals surface area contributed by atoms with Crippen molar-refractivity contribution in [1.82, 2.24) is 9.80 Å². The number of amides is 1. The summed E-state index contributed by atoms with van der Waals surface area (Å²) < 4.78 is 12.1. The van der Waals surface area contributed by atoms with Crippen molar-refractivity contribution in [3.05, 3.63) is 74.6 Å². The molecular weight excluding hydrogens is 440 g/mol. The molecule has 1 amide bonds. The summed E-state index contributed by atoms with van der Waals surface area (Å²) in [5.74, 6) is 1.22. The first-order valence-electron chi connectivity index (χ1n) is 12.4. The zero-order chi connectivity index (χ0) is 25.3. The fraction of sp³-hybridized carbons (Fsp3) is 0.448. The number of rotatable bonds is 9. The number of fused-ring (bicyclic) bond motifs is 2. The number of ether oxygens (including phenoxy) is 1. The highest BCUT2D eigenvalue weighted by Crippen LogP contribution is 2.39. The lowest BCUT2D eigenvalue weighted by Gasteiger charge is -2.26. The van der Waals surface area contributed by atoms with Gasteiger partial charge in [0.1, 0.15) is 11.3 Å². The van der Waals surface area contributed by atoms with E-state index in [0.717, 1.165) is 41.8 Å². The molecule has 2 heterocycles. The summed E-state index contributed by atoms with van der Waals surface area (Å²) >= 11 is 0. The van der Waals surface area contributed by atoms with Crippen molar-refractivity contribution in [3.63, 3.8) is 0 Å². The number of hydrogen-bond donors (Lipinski definition) is 0. The summed E-state index contributed by atoms with van der Waals surface area (Å²) in [6.07, 6.45) is 1.75. The molecule has 0 saturated carbocycles. The van der Waals surface area contributed by atoms with Crippen LogP contribution >= 0.6 is 0 Å². The molecule has 1 aliphatic heterocycles. The van der Waals surface area contributed by atoms with Crippen LogP contribution in [-0.4, -0.2) is 49.5 Å². The Kier molecular flexibility index (Phi) is 7.31. The van der Waals surface area contributed by atoms with E-state index < -0.39 is 6.04 Å². The van der Waals surface area contributed by atoms with Crippen LogP contribution in [0.4, 0.5) is 0 Å². The van der Waals surface area contributed by atoms with Crippen molar-refractivity contribution in [1.29, 1.82) is 0 Å². The van der Waals surface area contributed by atoms with Crippen molar-refractivity contribution < 1.29 is 13.9 Å². The van der Waals surface area contributed by atoms with Crippen molar-refractivity contribution in [2.75, 3.05) is 33.8 Å². The minimum atomic E-state index is -0.504. The van der Waals surface area contributed by atoms with Gasteiger partial charge >= 0.3 is 0 Å². The number of hydrogen-bond acceptors (Lipinski definition) is 5. The Labute approximate surface area is 207 Å². The first kappa shape index (κ1) is 25.0. The summed E-state index contributed by atoms with van der Waals surface area (Å²) in [5, 5.41) is 0.518. The zero-order valence-electron chi connectivity index (χ0n) is 21.7. The standard InChI is InChI=1S/C29H36N2O4/c1-18(2)11-14-34-22-10-7-9-21(17-22)26-25-27(32)23-15-19(3)20(4)16-24(23)35-28(25)29(33)31(26)13-8-12-30(5)6/h7,9-10,15-18,26H,8,11-14H2,1-6H3. The highest BCUT2D eigenvalue weighted by Gasteiger charge is 2.42. The predicted octanol–water partition coefficient (Wildman–Crippen LogP) is 5.33. The van der Waals surface area contributed by atoms with E-state index in [0.29, 0.717) is 35.6 Å². The van der Waals surface area contributed by atoms with Crippen LogP contribution in [0, 0.1) is 19.8 Å². The molecule has 0 spiro atoms. The summed E-state index contributed by atoms with van der Waals surface area (Å²) in [7, 11) is 4.02. The molecule has 1 aliphatic rings. The van der Waals surface area contributed by atoms with Crippen LogP contribution in [0.15, 0.2) is 45.6 Å². The Morgan fingerprint density at radius 1 is 1.09 bits per heavy atom. The average molecular weight is 477 g/mol. The topological polar surface area (TPSA) is 63.0 Å². The Balaban J connectivity index is 1.80. The Morgan fingerprint density at radius 3 is 2.54 bits per heavy atom. The largest absolute Gasteiger partial charge is 0.494 e. The smallest absolute Gasteiger partial charge is 0.290 e. The van der Waals surface area contributed by atoms with Crippen LogP contribution < -0.4 is 10.2 Å². The van der Waals surface area contributed by atoms with Gasteiger partial charge < -0.3 is 19.0 Å². The van der Waals surface area contributed by atoms with Crippen molar-refractivity contribution >= 4 is 16.9 Å². The molecule has 2 aromatic carbocycles. The lowest BCUT2D eigenvalue weighted by atomic mass is 9.97. The predicted molar refractivity (Wildman–Crippen MR) is 139 cm³/mol. The molecule has 3 aromatic rings. The molecule has 1 aromatic heterocycles. The highest BCUT2D eigenvalue weighted by atomic mass is 16.5. The van der Waals surface area contributed by atoms with Gasteiger partial charge in [0.15, 0.2) is 5.43 Å². The zero-order valence-corrected chi connectivity index (χ0v) is 21.7. The molecule has 1 unspecified atom stereocenters. The molecule has 6 heteroatoms. The SMILES string of the molecule is Cc1cc2oc3c(c(=O)c2cc1C)C(c1cccc(OCCC(C)C)c1)N(CCCN(C)C)C3=O. The lowest BCUT2D eigenvalue weighted by Crippen LogP contribution is -2.32. The van der Waals surface area contributed by atoms with Gasteiger partial charge in [-0.2, -0.15) is 0 Å². The second-order valence-corrected chi connectivity index (χ2v) is 10.3. The van der Waals surface area contributed by atoms with Gasteiger partial charge in [0.2, 0.25) is 5.76 Å². The molecule has 0 radical (unpaired) electrons. The fourth-order valence-electron chi connectivity index (χ4n) is 4.60. The molecular formula is C29H36N2O4. The van der Waals surface area contributed by atoms with Gasteiger partial charge in [-0.1, -0.05) is 26.0 Å². The van der Waals surface area contributed by atoms with Gasteiger partial charge in [-0.25, -0.2) is 0 Å². The Bertz CT molecular complexity index is 1290. The van der Waals surface area contributed by atoms with Crippen LogP contribution in [0.3, 0.4) is 0 Å². The van der Waals surface area contributed by atoms with E-state index in [2.05, 4.69) is 18.7 Å². The summed E-state index contributed by atoms with van der Waals surface area (Å²) in [5.41, 5.74) is 3.66. The second-order valence-electron chi connectivity index (χ2n) is 10.3. The summed E-state index contributed by atoms with van der Waals surface area (Å²) in [4.78, 5) is 31.3. The molecule has 0 fully saturated rings. The first-order chi connectivity index (χ1) is 16.7. The molecule has 186 valence electrons. The van der Waals surface area contributed by atoms with Gasteiger partial charge in [-0.15, -0.1) is 0 Å². The quantitative estimate of drug-likeness (QED) is 0.418.